The second kappa shape index (κ2) is 8.34. The van der Waals surface area contributed by atoms with Crippen LogP contribution >= 0.6 is 0 Å². The van der Waals surface area contributed by atoms with Crippen LogP contribution < -0.4 is 10.2 Å². The zero-order chi connectivity index (χ0) is 22.1. The molecule has 1 fully saturated rings. The van der Waals surface area contributed by atoms with Gasteiger partial charge < -0.3 is 10.2 Å². The molecule has 2 amide bonds. The van der Waals surface area contributed by atoms with Crippen molar-refractivity contribution in [1.82, 2.24) is 15.1 Å². The summed E-state index contributed by atoms with van der Waals surface area (Å²) in [5.74, 6) is -1.45. The number of hydrogen-bond donors (Lipinski definition) is 1. The van der Waals surface area contributed by atoms with E-state index in [0.29, 0.717) is 0 Å². The first-order valence-electron chi connectivity index (χ1n) is 10.3. The first-order valence-corrected chi connectivity index (χ1v) is 10.3. The standard InChI is InChI=1S/C24H25FN4O2/c1-15-9-10-22(21(25)11-15)28-14-18(12-23(28)30)24(31)27-16(2)20-13-26-29(17(20)3)19-7-5-4-6-8-19/h4-11,13,16,18H,12,14H2,1-3H3,(H,27,31). The van der Waals surface area contributed by atoms with Crippen molar-refractivity contribution < 1.29 is 14.0 Å². The van der Waals surface area contributed by atoms with E-state index in [-0.39, 0.29) is 36.5 Å². The Labute approximate surface area is 180 Å². The molecule has 160 valence electrons. The fourth-order valence-corrected chi connectivity index (χ4v) is 4.03. The second-order valence-electron chi connectivity index (χ2n) is 8.02. The smallest absolute Gasteiger partial charge is 0.227 e. The molecule has 7 heteroatoms. The van der Waals surface area contributed by atoms with E-state index in [1.165, 1.54) is 11.0 Å². The van der Waals surface area contributed by atoms with Gasteiger partial charge in [-0.2, -0.15) is 5.10 Å². The van der Waals surface area contributed by atoms with Gasteiger partial charge in [0.2, 0.25) is 11.8 Å². The number of amides is 2. The summed E-state index contributed by atoms with van der Waals surface area (Å²) < 4.78 is 16.2. The molecular formula is C24H25FN4O2. The zero-order valence-corrected chi connectivity index (χ0v) is 17.8. The molecular weight excluding hydrogens is 395 g/mol. The van der Waals surface area contributed by atoms with Gasteiger partial charge in [-0.3, -0.25) is 9.59 Å². The minimum absolute atomic E-state index is 0.0636. The van der Waals surface area contributed by atoms with Gasteiger partial charge in [0, 0.05) is 24.2 Å². The van der Waals surface area contributed by atoms with Crippen LogP contribution in [-0.4, -0.2) is 28.1 Å². The molecule has 2 atom stereocenters. The average molecular weight is 420 g/mol. The molecule has 1 aliphatic heterocycles. The molecule has 1 aromatic heterocycles. The lowest BCUT2D eigenvalue weighted by molar-refractivity contribution is -0.126. The molecule has 6 nitrogen and oxygen atoms in total. The fraction of sp³-hybridized carbons (Fsp3) is 0.292. The number of halogens is 1. The predicted molar refractivity (Wildman–Crippen MR) is 116 cm³/mol. The largest absolute Gasteiger partial charge is 0.349 e. The van der Waals surface area contributed by atoms with Crippen LogP contribution in [0.2, 0.25) is 0 Å². The maximum absolute atomic E-state index is 14.3. The first kappa shape index (κ1) is 20.8. The van der Waals surface area contributed by atoms with Crippen molar-refractivity contribution >= 4 is 17.5 Å². The molecule has 0 bridgehead atoms. The summed E-state index contributed by atoms with van der Waals surface area (Å²) in [5.41, 5.74) is 3.79. The second-order valence-corrected chi connectivity index (χ2v) is 8.02. The molecule has 2 aromatic carbocycles. The van der Waals surface area contributed by atoms with Gasteiger partial charge in [-0.05, 0) is 50.6 Å². The Bertz CT molecular complexity index is 1130. The number of carbonyl (C=O) groups is 2. The molecule has 3 aromatic rings. The van der Waals surface area contributed by atoms with Gasteiger partial charge in [0.15, 0.2) is 0 Å². The summed E-state index contributed by atoms with van der Waals surface area (Å²) in [5, 5.41) is 7.45. The number of benzene rings is 2. The number of aryl methyl sites for hydroxylation is 1. The quantitative estimate of drug-likeness (QED) is 0.682. The normalized spacial score (nSPS) is 17.1. The number of nitrogens with zero attached hydrogens (tertiary/aromatic N) is 3. The lowest BCUT2D eigenvalue weighted by atomic mass is 10.1. The number of nitrogens with one attached hydrogen (secondary N) is 1. The Balaban J connectivity index is 1.45. The van der Waals surface area contributed by atoms with Crippen molar-refractivity contribution in [3.8, 4) is 5.69 Å². The van der Waals surface area contributed by atoms with Gasteiger partial charge in [-0.1, -0.05) is 24.3 Å². The van der Waals surface area contributed by atoms with Gasteiger partial charge >= 0.3 is 0 Å². The Kier molecular flexibility index (Phi) is 5.59. The molecule has 4 rings (SSSR count). The van der Waals surface area contributed by atoms with Crippen molar-refractivity contribution in [3.63, 3.8) is 0 Å². The van der Waals surface area contributed by atoms with Crippen LogP contribution in [0.5, 0.6) is 0 Å². The van der Waals surface area contributed by atoms with Crippen molar-refractivity contribution in [2.45, 2.75) is 33.2 Å². The van der Waals surface area contributed by atoms with E-state index in [9.17, 15) is 14.0 Å². The molecule has 0 aliphatic carbocycles. The van der Waals surface area contributed by atoms with Crippen molar-refractivity contribution in [2.75, 3.05) is 11.4 Å². The first-order chi connectivity index (χ1) is 14.8. The van der Waals surface area contributed by atoms with E-state index < -0.39 is 11.7 Å². The summed E-state index contributed by atoms with van der Waals surface area (Å²) >= 11 is 0. The number of rotatable bonds is 5. The minimum atomic E-state index is -0.528. The highest BCUT2D eigenvalue weighted by molar-refractivity contribution is 6.00. The number of aromatic nitrogens is 2. The molecule has 2 unspecified atom stereocenters. The van der Waals surface area contributed by atoms with Crippen LogP contribution in [0.3, 0.4) is 0 Å². The Morgan fingerprint density at radius 2 is 1.94 bits per heavy atom. The lowest BCUT2D eigenvalue weighted by Crippen LogP contribution is -2.34. The van der Waals surface area contributed by atoms with Gasteiger partial charge in [0.25, 0.3) is 0 Å². The van der Waals surface area contributed by atoms with E-state index in [4.69, 9.17) is 0 Å². The van der Waals surface area contributed by atoms with E-state index in [1.807, 2.05) is 48.9 Å². The molecule has 1 N–H and O–H groups in total. The third-order valence-corrected chi connectivity index (χ3v) is 5.76. The summed E-state index contributed by atoms with van der Waals surface area (Å²) in [6, 6.07) is 14.2. The van der Waals surface area contributed by atoms with Crippen LogP contribution in [0.25, 0.3) is 5.69 Å². The molecule has 1 saturated heterocycles. The van der Waals surface area contributed by atoms with Crippen LogP contribution in [0, 0.1) is 25.6 Å². The third-order valence-electron chi connectivity index (χ3n) is 5.76. The van der Waals surface area contributed by atoms with Crippen molar-refractivity contribution in [1.29, 1.82) is 0 Å². The molecule has 1 aliphatic rings. The number of hydrogen-bond acceptors (Lipinski definition) is 3. The maximum atomic E-state index is 14.3. The molecule has 0 spiro atoms. The van der Waals surface area contributed by atoms with Crippen LogP contribution in [-0.2, 0) is 9.59 Å². The molecule has 2 heterocycles. The summed E-state index contributed by atoms with van der Waals surface area (Å²) in [7, 11) is 0. The van der Waals surface area contributed by atoms with Gasteiger partial charge in [0.05, 0.1) is 29.5 Å². The van der Waals surface area contributed by atoms with Crippen molar-refractivity contribution in [3.05, 3.63) is 77.4 Å². The Morgan fingerprint density at radius 1 is 1.19 bits per heavy atom. The highest BCUT2D eigenvalue weighted by atomic mass is 19.1. The monoisotopic (exact) mass is 420 g/mol. The number of anilines is 1. The summed E-state index contributed by atoms with van der Waals surface area (Å²) in [6.07, 6.45) is 1.81. The predicted octanol–water partition coefficient (Wildman–Crippen LogP) is 3.86. The van der Waals surface area contributed by atoms with Crippen molar-refractivity contribution in [2.24, 2.45) is 5.92 Å². The number of carbonyl (C=O) groups excluding carboxylic acids is 2. The molecule has 0 saturated carbocycles. The zero-order valence-electron chi connectivity index (χ0n) is 17.8. The van der Waals surface area contributed by atoms with Gasteiger partial charge in [0.1, 0.15) is 5.82 Å². The third kappa shape index (κ3) is 4.08. The topological polar surface area (TPSA) is 67.2 Å². The average Bonchev–Trinajstić information content (AvgIpc) is 3.31. The summed E-state index contributed by atoms with van der Waals surface area (Å²) in [6.45, 7) is 5.81. The minimum Gasteiger partial charge on any atom is -0.349 e. The van der Waals surface area contributed by atoms with Crippen LogP contribution in [0.1, 0.15) is 36.2 Å². The molecule has 0 radical (unpaired) electrons. The van der Waals surface area contributed by atoms with Gasteiger partial charge in [-0.15, -0.1) is 0 Å². The van der Waals surface area contributed by atoms with E-state index in [1.54, 1.807) is 25.3 Å². The number of para-hydroxylation sites is 1. The van der Waals surface area contributed by atoms with E-state index in [0.717, 1.165) is 22.5 Å². The fourth-order valence-electron chi connectivity index (χ4n) is 4.03. The van der Waals surface area contributed by atoms with Crippen LogP contribution in [0.4, 0.5) is 10.1 Å². The lowest BCUT2D eigenvalue weighted by Gasteiger charge is -2.19. The SMILES string of the molecule is Cc1ccc(N2CC(C(=O)NC(C)c3cnn(-c4ccccc4)c3C)CC2=O)c(F)c1. The Hall–Kier alpha value is -3.48. The van der Waals surface area contributed by atoms with Crippen LogP contribution in [0.15, 0.2) is 54.7 Å². The van der Waals surface area contributed by atoms with Gasteiger partial charge in [-0.25, -0.2) is 9.07 Å². The molecule has 31 heavy (non-hydrogen) atoms. The summed E-state index contributed by atoms with van der Waals surface area (Å²) in [4.78, 5) is 26.7. The van der Waals surface area contributed by atoms with E-state index in [2.05, 4.69) is 10.4 Å². The highest BCUT2D eigenvalue weighted by Gasteiger charge is 2.36. The maximum Gasteiger partial charge on any atom is 0.227 e. The highest BCUT2D eigenvalue weighted by Crippen LogP contribution is 2.29. The Morgan fingerprint density at radius 3 is 2.65 bits per heavy atom. The van der Waals surface area contributed by atoms with E-state index >= 15 is 0 Å².